The van der Waals surface area contributed by atoms with Gasteiger partial charge in [0.15, 0.2) is 0 Å². The zero-order valence-corrected chi connectivity index (χ0v) is 19.5. The average molecular weight is 421 g/mol. The fourth-order valence-corrected chi connectivity index (χ4v) is 4.76. The summed E-state index contributed by atoms with van der Waals surface area (Å²) in [5.74, 6) is 0. The first kappa shape index (κ1) is 27.9. The first-order chi connectivity index (χ1) is 13.4. The number of unbranched alkanes of at least 4 members (excludes halogenated alkanes) is 12. The third-order valence-electron chi connectivity index (χ3n) is 5.76. The van der Waals surface area contributed by atoms with Crippen LogP contribution in [0.15, 0.2) is 0 Å². The molecule has 0 amide bonds. The van der Waals surface area contributed by atoms with Gasteiger partial charge < -0.3 is 5.11 Å². The Morgan fingerprint density at radius 2 is 0.929 bits per heavy atom. The molecule has 0 bridgehead atoms. The Hall–Kier alpha value is -0.130. The molecule has 0 aliphatic heterocycles. The van der Waals surface area contributed by atoms with Gasteiger partial charge in [-0.3, -0.25) is 4.55 Å². The molecule has 0 fully saturated rings. The van der Waals surface area contributed by atoms with Gasteiger partial charge in [0.2, 0.25) is 0 Å². The molecule has 28 heavy (non-hydrogen) atoms. The number of aliphatic hydroxyl groups excluding tert-OH is 1. The standard InChI is InChI=1S/C23H48O4S/c1-3-5-7-9-10-11-12-13-14-16-20-23(28(25,26)27)21-17-19-22(24)18-15-8-6-4-2/h22-24H,3-21H2,1-2H3,(H,25,26,27). The van der Waals surface area contributed by atoms with Gasteiger partial charge in [0.1, 0.15) is 0 Å². The highest BCUT2D eigenvalue weighted by Crippen LogP contribution is 2.20. The SMILES string of the molecule is CCCCCCCCCCCCC(CCCC(O)CCCCCC)S(=O)(=O)O. The van der Waals surface area contributed by atoms with Crippen molar-refractivity contribution in [2.24, 2.45) is 0 Å². The largest absolute Gasteiger partial charge is 0.393 e. The maximum absolute atomic E-state index is 11.6. The second kappa shape index (κ2) is 18.9. The van der Waals surface area contributed by atoms with Crippen LogP contribution < -0.4 is 0 Å². The van der Waals surface area contributed by atoms with Gasteiger partial charge in [-0.1, -0.05) is 104 Å². The van der Waals surface area contributed by atoms with Gasteiger partial charge >= 0.3 is 0 Å². The van der Waals surface area contributed by atoms with Crippen LogP contribution >= 0.6 is 0 Å². The van der Waals surface area contributed by atoms with Crippen LogP contribution in [0.4, 0.5) is 0 Å². The van der Waals surface area contributed by atoms with Gasteiger partial charge in [-0.15, -0.1) is 0 Å². The Kier molecular flexibility index (Phi) is 18.8. The molecule has 2 unspecified atom stereocenters. The molecule has 0 saturated carbocycles. The molecule has 0 aliphatic rings. The highest BCUT2D eigenvalue weighted by molar-refractivity contribution is 7.86. The van der Waals surface area contributed by atoms with E-state index in [1.165, 1.54) is 57.8 Å². The Labute approximate surface area is 175 Å². The fourth-order valence-electron chi connectivity index (χ4n) is 3.83. The van der Waals surface area contributed by atoms with E-state index in [4.69, 9.17) is 0 Å². The Morgan fingerprint density at radius 3 is 1.43 bits per heavy atom. The van der Waals surface area contributed by atoms with Crippen molar-refractivity contribution in [1.29, 1.82) is 0 Å². The van der Waals surface area contributed by atoms with E-state index in [9.17, 15) is 18.1 Å². The first-order valence-corrected chi connectivity index (χ1v) is 13.6. The van der Waals surface area contributed by atoms with E-state index in [1.54, 1.807) is 0 Å². The second-order valence-corrected chi connectivity index (χ2v) is 10.2. The average Bonchev–Trinajstić information content (AvgIpc) is 2.64. The topological polar surface area (TPSA) is 74.6 Å². The van der Waals surface area contributed by atoms with E-state index in [-0.39, 0.29) is 6.10 Å². The lowest BCUT2D eigenvalue weighted by Crippen LogP contribution is -2.21. The molecule has 0 aliphatic carbocycles. The molecule has 0 aromatic rings. The monoisotopic (exact) mass is 420 g/mol. The van der Waals surface area contributed by atoms with Crippen molar-refractivity contribution in [3.05, 3.63) is 0 Å². The summed E-state index contributed by atoms with van der Waals surface area (Å²) in [5.41, 5.74) is 0. The third-order valence-corrected chi connectivity index (χ3v) is 7.07. The van der Waals surface area contributed by atoms with Crippen LogP contribution in [-0.2, 0) is 10.1 Å². The molecule has 170 valence electrons. The predicted octanol–water partition coefficient (Wildman–Crippen LogP) is 7.06. The molecule has 2 N–H and O–H groups in total. The van der Waals surface area contributed by atoms with Crippen molar-refractivity contribution >= 4 is 10.1 Å². The lowest BCUT2D eigenvalue weighted by molar-refractivity contribution is 0.147. The summed E-state index contributed by atoms with van der Waals surface area (Å²) in [4.78, 5) is 0. The molecule has 5 heteroatoms. The van der Waals surface area contributed by atoms with E-state index in [1.807, 2.05) is 0 Å². The van der Waals surface area contributed by atoms with Crippen LogP contribution in [0, 0.1) is 0 Å². The fraction of sp³-hybridized carbons (Fsp3) is 1.00. The summed E-state index contributed by atoms with van der Waals surface area (Å²) < 4.78 is 32.8. The predicted molar refractivity (Wildman–Crippen MR) is 120 cm³/mol. The van der Waals surface area contributed by atoms with E-state index in [0.717, 1.165) is 38.5 Å². The molecular formula is C23H48O4S. The summed E-state index contributed by atoms with van der Waals surface area (Å²) in [6.07, 6.45) is 19.5. The third kappa shape index (κ3) is 17.9. The molecule has 4 nitrogen and oxygen atoms in total. The van der Waals surface area contributed by atoms with Crippen LogP contribution in [0.3, 0.4) is 0 Å². The maximum Gasteiger partial charge on any atom is 0.267 e. The zero-order chi connectivity index (χ0) is 21.1. The molecule has 0 heterocycles. The van der Waals surface area contributed by atoms with Crippen molar-refractivity contribution < 1.29 is 18.1 Å². The number of hydrogen-bond donors (Lipinski definition) is 2. The van der Waals surface area contributed by atoms with Gasteiger partial charge in [0, 0.05) is 0 Å². The molecule has 2 atom stereocenters. The quantitative estimate of drug-likeness (QED) is 0.154. The van der Waals surface area contributed by atoms with E-state index < -0.39 is 15.4 Å². The van der Waals surface area contributed by atoms with Crippen molar-refractivity contribution in [2.45, 2.75) is 147 Å². The van der Waals surface area contributed by atoms with Crippen molar-refractivity contribution in [1.82, 2.24) is 0 Å². The number of rotatable bonds is 21. The molecule has 0 rings (SSSR count). The van der Waals surface area contributed by atoms with Crippen molar-refractivity contribution in [3.63, 3.8) is 0 Å². The van der Waals surface area contributed by atoms with Crippen LogP contribution in [-0.4, -0.2) is 29.4 Å². The highest BCUT2D eigenvalue weighted by atomic mass is 32.2. The molecule has 0 aromatic carbocycles. The summed E-state index contributed by atoms with van der Waals surface area (Å²) >= 11 is 0. The van der Waals surface area contributed by atoms with Gasteiger partial charge in [-0.25, -0.2) is 0 Å². The second-order valence-electron chi connectivity index (χ2n) is 8.54. The van der Waals surface area contributed by atoms with E-state index >= 15 is 0 Å². The summed E-state index contributed by atoms with van der Waals surface area (Å²) in [7, 11) is -3.98. The normalized spacial score (nSPS) is 14.3. The molecular weight excluding hydrogens is 372 g/mol. The number of hydrogen-bond acceptors (Lipinski definition) is 3. The van der Waals surface area contributed by atoms with Crippen LogP contribution in [0.1, 0.15) is 136 Å². The zero-order valence-electron chi connectivity index (χ0n) is 18.7. The Balaban J connectivity index is 3.80. The van der Waals surface area contributed by atoms with Crippen LogP contribution in [0.25, 0.3) is 0 Å². The summed E-state index contributed by atoms with van der Waals surface area (Å²) in [6, 6.07) is 0. The highest BCUT2D eigenvalue weighted by Gasteiger charge is 2.22. The van der Waals surface area contributed by atoms with Gasteiger partial charge in [0.25, 0.3) is 10.1 Å². The summed E-state index contributed by atoms with van der Waals surface area (Å²) in [6.45, 7) is 4.40. The Bertz CT molecular complexity index is 422. The lowest BCUT2D eigenvalue weighted by atomic mass is 10.0. The minimum absolute atomic E-state index is 0.337. The van der Waals surface area contributed by atoms with Gasteiger partial charge in [-0.2, -0.15) is 8.42 Å². The maximum atomic E-state index is 11.6. The molecule has 0 radical (unpaired) electrons. The Morgan fingerprint density at radius 1 is 0.571 bits per heavy atom. The molecule has 0 saturated heterocycles. The van der Waals surface area contributed by atoms with Crippen molar-refractivity contribution in [3.8, 4) is 0 Å². The lowest BCUT2D eigenvalue weighted by Gasteiger charge is -2.15. The van der Waals surface area contributed by atoms with E-state index in [2.05, 4.69) is 13.8 Å². The molecule has 0 spiro atoms. The molecule has 0 aromatic heterocycles. The van der Waals surface area contributed by atoms with Gasteiger partial charge in [-0.05, 0) is 32.1 Å². The minimum atomic E-state index is -3.98. The smallest absolute Gasteiger partial charge is 0.267 e. The van der Waals surface area contributed by atoms with Crippen LogP contribution in [0.2, 0.25) is 0 Å². The number of aliphatic hydroxyl groups is 1. The summed E-state index contributed by atoms with van der Waals surface area (Å²) in [5, 5.41) is 9.36. The van der Waals surface area contributed by atoms with Crippen LogP contribution in [0.5, 0.6) is 0 Å². The first-order valence-electron chi connectivity index (χ1n) is 12.1. The van der Waals surface area contributed by atoms with Gasteiger partial charge in [0.05, 0.1) is 11.4 Å². The van der Waals surface area contributed by atoms with Crippen molar-refractivity contribution in [2.75, 3.05) is 0 Å². The van der Waals surface area contributed by atoms with E-state index in [0.29, 0.717) is 25.7 Å². The minimum Gasteiger partial charge on any atom is -0.393 e.